The second-order valence-electron chi connectivity index (χ2n) is 5.35. The van der Waals surface area contributed by atoms with Crippen molar-refractivity contribution in [2.24, 2.45) is 0 Å². The molecule has 0 radical (unpaired) electrons. The lowest BCUT2D eigenvalue weighted by atomic mass is 10.1. The van der Waals surface area contributed by atoms with E-state index in [0.29, 0.717) is 5.75 Å². The van der Waals surface area contributed by atoms with Crippen LogP contribution in [0.25, 0.3) is 0 Å². The second kappa shape index (κ2) is 7.09. The van der Waals surface area contributed by atoms with Crippen LogP contribution < -0.4 is 10.1 Å². The first-order valence-electron chi connectivity index (χ1n) is 7.24. The number of aliphatic hydroxyl groups excluding tert-OH is 1. The minimum atomic E-state index is -0.629. The number of aryl methyl sites for hydroxylation is 2. The van der Waals surface area contributed by atoms with E-state index >= 15 is 0 Å². The molecule has 1 atom stereocenters. The van der Waals surface area contributed by atoms with E-state index in [0.717, 1.165) is 16.8 Å². The third-order valence-corrected chi connectivity index (χ3v) is 3.54. The van der Waals surface area contributed by atoms with Crippen LogP contribution in [0.15, 0.2) is 42.5 Å². The minimum Gasteiger partial charge on any atom is -0.481 e. The number of aliphatic hydroxyl groups is 1. The summed E-state index contributed by atoms with van der Waals surface area (Å²) < 4.78 is 5.62. The summed E-state index contributed by atoms with van der Waals surface area (Å²) in [6.45, 7) is 5.68. The van der Waals surface area contributed by atoms with Gasteiger partial charge in [-0.2, -0.15) is 0 Å². The number of carbonyl (C=O) groups excluding carboxylic acids is 1. The summed E-state index contributed by atoms with van der Waals surface area (Å²) in [7, 11) is 0. The van der Waals surface area contributed by atoms with Crippen molar-refractivity contribution < 1.29 is 14.6 Å². The predicted molar refractivity (Wildman–Crippen MR) is 87.0 cm³/mol. The van der Waals surface area contributed by atoms with Crippen LogP contribution in [-0.2, 0) is 11.4 Å². The minimum absolute atomic E-state index is 0.0551. The van der Waals surface area contributed by atoms with Crippen LogP contribution in [0.1, 0.15) is 23.6 Å². The van der Waals surface area contributed by atoms with E-state index in [1.807, 2.05) is 32.0 Å². The van der Waals surface area contributed by atoms with Crippen molar-refractivity contribution in [1.82, 2.24) is 0 Å². The van der Waals surface area contributed by atoms with Crippen LogP contribution in [0.5, 0.6) is 5.75 Å². The number of carbonyl (C=O) groups is 1. The highest BCUT2D eigenvalue weighted by Gasteiger charge is 2.15. The predicted octanol–water partition coefficient (Wildman–Crippen LogP) is 3.20. The smallest absolute Gasteiger partial charge is 0.265 e. The maximum Gasteiger partial charge on any atom is 0.265 e. The van der Waals surface area contributed by atoms with Crippen molar-refractivity contribution >= 4 is 11.6 Å². The van der Waals surface area contributed by atoms with Crippen LogP contribution in [0.3, 0.4) is 0 Å². The molecular weight excluding hydrogens is 278 g/mol. The molecule has 22 heavy (non-hydrogen) atoms. The maximum absolute atomic E-state index is 12.2. The molecule has 0 heterocycles. The molecule has 0 aliphatic rings. The van der Waals surface area contributed by atoms with Crippen molar-refractivity contribution in [2.45, 2.75) is 33.5 Å². The van der Waals surface area contributed by atoms with Crippen molar-refractivity contribution in [3.8, 4) is 5.75 Å². The number of rotatable bonds is 5. The summed E-state index contributed by atoms with van der Waals surface area (Å²) in [4.78, 5) is 12.2. The van der Waals surface area contributed by atoms with E-state index in [4.69, 9.17) is 9.84 Å². The molecule has 0 aliphatic heterocycles. The fourth-order valence-electron chi connectivity index (χ4n) is 2.04. The standard InChI is InChI=1S/C18H21NO3/c1-12-7-8-16(9-13(12)2)19-18(21)14(3)22-17-6-4-5-15(10-17)11-20/h4-10,14,20H,11H2,1-3H3,(H,19,21). The Morgan fingerprint density at radius 3 is 2.64 bits per heavy atom. The van der Waals surface area contributed by atoms with Crippen molar-refractivity contribution in [3.63, 3.8) is 0 Å². The maximum atomic E-state index is 12.2. The Kier molecular flexibility index (Phi) is 5.17. The third-order valence-electron chi connectivity index (χ3n) is 3.54. The van der Waals surface area contributed by atoms with Crippen molar-refractivity contribution in [3.05, 3.63) is 59.2 Å². The Morgan fingerprint density at radius 2 is 1.95 bits per heavy atom. The van der Waals surface area contributed by atoms with Gasteiger partial charge in [0.15, 0.2) is 6.10 Å². The average molecular weight is 299 g/mol. The SMILES string of the molecule is Cc1ccc(NC(=O)C(C)Oc2cccc(CO)c2)cc1C. The van der Waals surface area contributed by atoms with Crippen LogP contribution in [0.2, 0.25) is 0 Å². The highest BCUT2D eigenvalue weighted by molar-refractivity contribution is 5.94. The highest BCUT2D eigenvalue weighted by atomic mass is 16.5. The zero-order chi connectivity index (χ0) is 16.1. The molecule has 0 spiro atoms. The average Bonchev–Trinajstić information content (AvgIpc) is 2.51. The van der Waals surface area contributed by atoms with Gasteiger partial charge in [-0.05, 0) is 61.7 Å². The van der Waals surface area contributed by atoms with Crippen LogP contribution in [0.4, 0.5) is 5.69 Å². The van der Waals surface area contributed by atoms with Crippen molar-refractivity contribution in [1.29, 1.82) is 0 Å². The van der Waals surface area contributed by atoms with Gasteiger partial charge in [-0.1, -0.05) is 18.2 Å². The number of nitrogens with one attached hydrogen (secondary N) is 1. The van der Waals surface area contributed by atoms with Gasteiger partial charge in [-0.25, -0.2) is 0 Å². The summed E-state index contributed by atoms with van der Waals surface area (Å²) in [5.41, 5.74) is 3.82. The lowest BCUT2D eigenvalue weighted by Crippen LogP contribution is -2.30. The molecule has 0 aliphatic carbocycles. The highest BCUT2D eigenvalue weighted by Crippen LogP contribution is 2.17. The summed E-state index contributed by atoms with van der Waals surface area (Å²) in [5.74, 6) is 0.354. The van der Waals surface area contributed by atoms with Gasteiger partial charge < -0.3 is 15.2 Å². The third kappa shape index (κ3) is 4.09. The van der Waals surface area contributed by atoms with E-state index in [9.17, 15) is 4.79 Å². The number of hydrogen-bond donors (Lipinski definition) is 2. The van der Waals surface area contributed by atoms with Gasteiger partial charge in [0.1, 0.15) is 5.75 Å². The van der Waals surface area contributed by atoms with E-state index in [1.165, 1.54) is 5.56 Å². The molecule has 2 aromatic carbocycles. The molecule has 0 bridgehead atoms. The normalized spacial score (nSPS) is 11.8. The fourth-order valence-corrected chi connectivity index (χ4v) is 2.04. The zero-order valence-corrected chi connectivity index (χ0v) is 13.1. The molecule has 4 heteroatoms. The van der Waals surface area contributed by atoms with Gasteiger partial charge in [0, 0.05) is 5.69 Å². The van der Waals surface area contributed by atoms with E-state index in [2.05, 4.69) is 5.32 Å². The number of ether oxygens (including phenoxy) is 1. The quantitative estimate of drug-likeness (QED) is 0.891. The molecule has 4 nitrogen and oxygen atoms in total. The van der Waals surface area contributed by atoms with Crippen LogP contribution in [-0.4, -0.2) is 17.1 Å². The van der Waals surface area contributed by atoms with Gasteiger partial charge in [0.25, 0.3) is 5.91 Å². The Bertz CT molecular complexity index is 667. The number of hydrogen-bond acceptors (Lipinski definition) is 3. The summed E-state index contributed by atoms with van der Waals surface area (Å²) in [5, 5.41) is 12.0. The molecule has 2 rings (SSSR count). The lowest BCUT2D eigenvalue weighted by molar-refractivity contribution is -0.122. The molecule has 0 fully saturated rings. The number of amides is 1. The topological polar surface area (TPSA) is 58.6 Å². The molecule has 116 valence electrons. The lowest BCUT2D eigenvalue weighted by Gasteiger charge is -2.15. The Labute approximate surface area is 130 Å². The van der Waals surface area contributed by atoms with E-state index in [1.54, 1.807) is 31.2 Å². The summed E-state index contributed by atoms with van der Waals surface area (Å²) in [6.07, 6.45) is -0.629. The van der Waals surface area contributed by atoms with Gasteiger partial charge in [0.2, 0.25) is 0 Å². The number of benzene rings is 2. The van der Waals surface area contributed by atoms with Gasteiger partial charge in [0.05, 0.1) is 6.61 Å². The van der Waals surface area contributed by atoms with Crippen LogP contribution in [0, 0.1) is 13.8 Å². The first kappa shape index (κ1) is 16.0. The van der Waals surface area contributed by atoms with E-state index < -0.39 is 6.10 Å². The molecule has 1 unspecified atom stereocenters. The van der Waals surface area contributed by atoms with Crippen molar-refractivity contribution in [2.75, 3.05) is 5.32 Å². The Morgan fingerprint density at radius 1 is 1.18 bits per heavy atom. The molecule has 0 saturated heterocycles. The number of anilines is 1. The second-order valence-corrected chi connectivity index (χ2v) is 5.35. The van der Waals surface area contributed by atoms with Gasteiger partial charge in [-0.3, -0.25) is 4.79 Å². The monoisotopic (exact) mass is 299 g/mol. The Hall–Kier alpha value is -2.33. The largest absolute Gasteiger partial charge is 0.481 e. The molecular formula is C18H21NO3. The Balaban J connectivity index is 2.00. The van der Waals surface area contributed by atoms with Crippen LogP contribution >= 0.6 is 0 Å². The summed E-state index contributed by atoms with van der Waals surface area (Å²) >= 11 is 0. The molecule has 2 aromatic rings. The van der Waals surface area contributed by atoms with Gasteiger partial charge in [-0.15, -0.1) is 0 Å². The first-order valence-corrected chi connectivity index (χ1v) is 7.24. The fraction of sp³-hybridized carbons (Fsp3) is 0.278. The zero-order valence-electron chi connectivity index (χ0n) is 13.1. The van der Waals surface area contributed by atoms with Gasteiger partial charge >= 0.3 is 0 Å². The molecule has 0 aromatic heterocycles. The molecule has 2 N–H and O–H groups in total. The van der Waals surface area contributed by atoms with E-state index in [-0.39, 0.29) is 12.5 Å². The molecule has 1 amide bonds. The first-order chi connectivity index (χ1) is 10.5. The molecule has 0 saturated carbocycles. The summed E-state index contributed by atoms with van der Waals surface area (Å²) in [6, 6.07) is 12.9.